The number of halogens is 1. The van der Waals surface area contributed by atoms with Crippen molar-refractivity contribution in [3.8, 4) is 5.88 Å². The van der Waals surface area contributed by atoms with Crippen molar-refractivity contribution in [1.29, 1.82) is 0 Å². The Bertz CT molecular complexity index is 812. The zero-order valence-electron chi connectivity index (χ0n) is 13.6. The third kappa shape index (κ3) is 3.40. The number of ether oxygens (including phenoxy) is 1. The summed E-state index contributed by atoms with van der Waals surface area (Å²) in [6.45, 7) is 4.64. The SMILES string of the molecule is Cc1ccc2c(N)c(OCCc3cc[n+](C)cc3)nn2c1C.[Cl-]. The fraction of sp³-hybridized carbons (Fsp3) is 0.294. The molecule has 0 spiro atoms. The normalized spacial score (nSPS) is 10.6. The minimum absolute atomic E-state index is 0. The highest BCUT2D eigenvalue weighted by molar-refractivity contribution is 5.75. The number of aromatic nitrogens is 3. The van der Waals surface area contributed by atoms with E-state index < -0.39 is 0 Å². The molecule has 0 saturated heterocycles. The zero-order chi connectivity index (χ0) is 15.7. The van der Waals surface area contributed by atoms with Gasteiger partial charge in [0, 0.05) is 24.2 Å². The van der Waals surface area contributed by atoms with Crippen molar-refractivity contribution in [1.82, 2.24) is 9.61 Å². The van der Waals surface area contributed by atoms with Crippen molar-refractivity contribution in [2.24, 2.45) is 7.05 Å². The number of hydrogen-bond donors (Lipinski definition) is 1. The van der Waals surface area contributed by atoms with Gasteiger partial charge in [-0.05, 0) is 31.0 Å². The Hall–Kier alpha value is -2.27. The predicted octanol–water partition coefficient (Wildman–Crippen LogP) is -1.02. The van der Waals surface area contributed by atoms with E-state index in [1.54, 1.807) is 0 Å². The van der Waals surface area contributed by atoms with Gasteiger partial charge in [-0.3, -0.25) is 0 Å². The zero-order valence-corrected chi connectivity index (χ0v) is 14.3. The number of aryl methyl sites for hydroxylation is 3. The topological polar surface area (TPSA) is 56.4 Å². The van der Waals surface area contributed by atoms with Crippen LogP contribution in [0.15, 0.2) is 36.7 Å². The van der Waals surface area contributed by atoms with Gasteiger partial charge in [-0.1, -0.05) is 6.07 Å². The van der Waals surface area contributed by atoms with Crippen LogP contribution in [0.1, 0.15) is 16.8 Å². The van der Waals surface area contributed by atoms with Gasteiger partial charge in [0.2, 0.25) is 0 Å². The van der Waals surface area contributed by atoms with Crippen molar-refractivity contribution < 1.29 is 21.7 Å². The molecule has 0 aliphatic heterocycles. The first-order valence-electron chi connectivity index (χ1n) is 7.37. The van der Waals surface area contributed by atoms with Gasteiger partial charge in [0.25, 0.3) is 5.88 Å². The summed E-state index contributed by atoms with van der Waals surface area (Å²) in [6, 6.07) is 8.21. The highest BCUT2D eigenvalue weighted by Crippen LogP contribution is 2.27. The Morgan fingerprint density at radius 2 is 1.87 bits per heavy atom. The van der Waals surface area contributed by atoms with Gasteiger partial charge in [-0.15, -0.1) is 5.10 Å². The Labute approximate surface area is 142 Å². The maximum Gasteiger partial charge on any atom is 0.257 e. The molecule has 2 N–H and O–H groups in total. The average molecular weight is 333 g/mol. The largest absolute Gasteiger partial charge is 1.00 e. The minimum Gasteiger partial charge on any atom is -1.00 e. The number of fused-ring (bicyclic) bond motifs is 1. The van der Waals surface area contributed by atoms with Crippen molar-refractivity contribution in [2.75, 3.05) is 12.3 Å². The van der Waals surface area contributed by atoms with Crippen LogP contribution in [0.2, 0.25) is 0 Å². The molecule has 23 heavy (non-hydrogen) atoms. The standard InChI is InChI=1S/C17H21N4O.ClH/c1-12-4-5-15-16(18)17(19-21(15)13(12)2)22-11-8-14-6-9-20(3)10-7-14;/h4-7,9-10H,8,11,18H2,1-3H3;1H/q+1;/p-1. The van der Waals surface area contributed by atoms with Crippen LogP contribution >= 0.6 is 0 Å². The average Bonchev–Trinajstić information content (AvgIpc) is 2.83. The van der Waals surface area contributed by atoms with Gasteiger partial charge >= 0.3 is 0 Å². The van der Waals surface area contributed by atoms with Gasteiger partial charge in [-0.2, -0.15) is 0 Å². The van der Waals surface area contributed by atoms with E-state index in [4.69, 9.17) is 10.5 Å². The van der Waals surface area contributed by atoms with E-state index in [0.717, 1.165) is 17.6 Å². The van der Waals surface area contributed by atoms with E-state index in [2.05, 4.69) is 30.2 Å². The molecule has 6 heteroatoms. The first kappa shape index (κ1) is 17.1. The lowest BCUT2D eigenvalue weighted by Gasteiger charge is -2.03. The molecule has 3 rings (SSSR count). The van der Waals surface area contributed by atoms with Crippen molar-refractivity contribution >= 4 is 11.2 Å². The number of pyridine rings is 2. The van der Waals surface area contributed by atoms with Crippen LogP contribution in [0.3, 0.4) is 0 Å². The second-order valence-electron chi connectivity index (χ2n) is 5.59. The molecule has 3 aromatic rings. The molecule has 0 radical (unpaired) electrons. The molecule has 0 bridgehead atoms. The smallest absolute Gasteiger partial charge is 0.257 e. The maximum atomic E-state index is 6.15. The molecule has 0 aliphatic rings. The molecule has 0 amide bonds. The van der Waals surface area contributed by atoms with Gasteiger partial charge in [-0.25, -0.2) is 9.08 Å². The summed E-state index contributed by atoms with van der Waals surface area (Å²) in [5, 5.41) is 4.48. The monoisotopic (exact) mass is 332 g/mol. The number of nitrogen functional groups attached to an aromatic ring is 1. The van der Waals surface area contributed by atoms with Crippen molar-refractivity contribution in [3.05, 3.63) is 53.5 Å². The highest BCUT2D eigenvalue weighted by atomic mass is 35.5. The van der Waals surface area contributed by atoms with Crippen molar-refractivity contribution in [3.63, 3.8) is 0 Å². The van der Waals surface area contributed by atoms with Crippen LogP contribution in [-0.4, -0.2) is 16.2 Å². The molecule has 0 aliphatic carbocycles. The quantitative estimate of drug-likeness (QED) is 0.623. The Morgan fingerprint density at radius 3 is 2.57 bits per heavy atom. The lowest BCUT2D eigenvalue weighted by atomic mass is 10.2. The van der Waals surface area contributed by atoms with Gasteiger partial charge in [0.15, 0.2) is 12.4 Å². The second kappa shape index (κ2) is 6.87. The molecule has 3 aromatic heterocycles. The summed E-state index contributed by atoms with van der Waals surface area (Å²) < 4.78 is 9.65. The van der Waals surface area contributed by atoms with Crippen LogP contribution in [-0.2, 0) is 13.5 Å². The Kier molecular flexibility index (Phi) is 5.11. The third-order valence-corrected chi connectivity index (χ3v) is 3.98. The summed E-state index contributed by atoms with van der Waals surface area (Å²) in [7, 11) is 2.00. The van der Waals surface area contributed by atoms with E-state index in [9.17, 15) is 0 Å². The molecule has 0 aromatic carbocycles. The fourth-order valence-electron chi connectivity index (χ4n) is 2.40. The van der Waals surface area contributed by atoms with Crippen LogP contribution in [0.5, 0.6) is 5.88 Å². The minimum atomic E-state index is 0. The molecule has 122 valence electrons. The number of hydrogen-bond acceptors (Lipinski definition) is 3. The first-order chi connectivity index (χ1) is 10.6. The van der Waals surface area contributed by atoms with Gasteiger partial charge in [0.05, 0.1) is 12.1 Å². The summed E-state index contributed by atoms with van der Waals surface area (Å²) >= 11 is 0. The molecule has 0 saturated carbocycles. The molecule has 3 heterocycles. The molecule has 0 unspecified atom stereocenters. The number of nitrogens with two attached hydrogens (primary N) is 1. The molecular formula is C17H21ClN4O. The van der Waals surface area contributed by atoms with Crippen LogP contribution in [0.25, 0.3) is 5.52 Å². The fourth-order valence-corrected chi connectivity index (χ4v) is 2.40. The Balaban J connectivity index is 0.00000192. The summed E-state index contributed by atoms with van der Waals surface area (Å²) in [6.07, 6.45) is 4.88. The lowest BCUT2D eigenvalue weighted by molar-refractivity contribution is -0.671. The van der Waals surface area contributed by atoms with Crippen LogP contribution in [0.4, 0.5) is 5.69 Å². The highest BCUT2D eigenvalue weighted by Gasteiger charge is 2.13. The summed E-state index contributed by atoms with van der Waals surface area (Å²) in [4.78, 5) is 0. The molecule has 0 fully saturated rings. The molecule has 0 atom stereocenters. The maximum absolute atomic E-state index is 6.15. The van der Waals surface area contributed by atoms with E-state index in [0.29, 0.717) is 18.2 Å². The van der Waals surface area contributed by atoms with Gasteiger partial charge in [0.1, 0.15) is 12.7 Å². The molecular weight excluding hydrogens is 312 g/mol. The molecule has 5 nitrogen and oxygen atoms in total. The van der Waals surface area contributed by atoms with Crippen LogP contribution in [0, 0.1) is 13.8 Å². The lowest BCUT2D eigenvalue weighted by Crippen LogP contribution is -3.00. The number of rotatable bonds is 4. The summed E-state index contributed by atoms with van der Waals surface area (Å²) in [5.74, 6) is 0.509. The number of nitrogens with zero attached hydrogens (tertiary/aromatic N) is 3. The number of anilines is 1. The van der Waals surface area contributed by atoms with E-state index in [1.165, 1.54) is 11.1 Å². The van der Waals surface area contributed by atoms with Crippen LogP contribution < -0.4 is 27.4 Å². The Morgan fingerprint density at radius 1 is 1.17 bits per heavy atom. The van der Waals surface area contributed by atoms with E-state index in [-0.39, 0.29) is 12.4 Å². The predicted molar refractivity (Wildman–Crippen MR) is 85.9 cm³/mol. The van der Waals surface area contributed by atoms with E-state index in [1.807, 2.05) is 41.5 Å². The van der Waals surface area contributed by atoms with Crippen molar-refractivity contribution in [2.45, 2.75) is 20.3 Å². The second-order valence-corrected chi connectivity index (χ2v) is 5.59. The first-order valence-corrected chi connectivity index (χ1v) is 7.37. The van der Waals surface area contributed by atoms with E-state index >= 15 is 0 Å². The van der Waals surface area contributed by atoms with Gasteiger partial charge < -0.3 is 22.9 Å². The summed E-state index contributed by atoms with van der Waals surface area (Å²) in [5.41, 5.74) is 11.1. The third-order valence-electron chi connectivity index (χ3n) is 3.98.